The van der Waals surface area contributed by atoms with E-state index in [9.17, 15) is 4.79 Å². The number of carbonyl (C=O) groups is 1. The molecule has 0 unspecified atom stereocenters. The zero-order valence-corrected chi connectivity index (χ0v) is 6.43. The van der Waals surface area contributed by atoms with Gasteiger partial charge in [0.1, 0.15) is 12.0 Å². The van der Waals surface area contributed by atoms with Gasteiger partial charge in [-0.15, -0.1) is 0 Å². The van der Waals surface area contributed by atoms with E-state index in [1.165, 1.54) is 24.2 Å². The molecule has 0 saturated carbocycles. The second kappa shape index (κ2) is 3.46. The number of carbonyl (C=O) groups excluding carboxylic acids is 1. The first-order valence-corrected chi connectivity index (χ1v) is 3.12. The molecule has 1 amide bonds. The Labute approximate surface area is 68.2 Å². The van der Waals surface area contributed by atoms with Crippen molar-refractivity contribution in [2.45, 2.75) is 0 Å². The third-order valence-electron chi connectivity index (χ3n) is 1.10. The Morgan fingerprint density at radius 3 is 3.08 bits per heavy atom. The Morgan fingerprint density at radius 2 is 2.58 bits per heavy atom. The van der Waals surface area contributed by atoms with Crippen molar-refractivity contribution in [1.82, 2.24) is 9.66 Å². The van der Waals surface area contributed by atoms with Gasteiger partial charge in [-0.05, 0) is 0 Å². The zero-order chi connectivity index (χ0) is 8.97. The number of amides is 1. The van der Waals surface area contributed by atoms with Gasteiger partial charge in [0.05, 0.1) is 13.2 Å². The fourth-order valence-electron chi connectivity index (χ4n) is 0.601. The second-order valence-electron chi connectivity index (χ2n) is 1.93. The van der Waals surface area contributed by atoms with E-state index in [-0.39, 0.29) is 5.69 Å². The molecule has 0 atom stereocenters. The molecule has 1 aromatic rings. The first-order chi connectivity index (χ1) is 5.74. The van der Waals surface area contributed by atoms with Crippen LogP contribution >= 0.6 is 0 Å². The van der Waals surface area contributed by atoms with Gasteiger partial charge >= 0.3 is 0 Å². The fraction of sp³-hybridized carbons (Fsp3) is 0.200. The van der Waals surface area contributed by atoms with Crippen LogP contribution < -0.4 is 11.3 Å². The molecule has 0 bridgehead atoms. The lowest BCUT2D eigenvalue weighted by Crippen LogP contribution is -2.11. The van der Waals surface area contributed by atoms with E-state index < -0.39 is 5.91 Å². The molecule has 1 aromatic heterocycles. The number of imidazole rings is 1. The number of nitrogens with one attached hydrogen (secondary N) is 1. The molecule has 0 aliphatic rings. The van der Waals surface area contributed by atoms with Gasteiger partial charge in [-0.2, -0.15) is 10.6 Å². The smallest absolute Gasteiger partial charge is 0.268 e. The van der Waals surface area contributed by atoms with Crippen LogP contribution in [0, 0.1) is 0 Å². The Bertz CT molecular complexity index is 303. The molecule has 64 valence electrons. The number of hydrogen-bond acceptors (Lipinski definition) is 4. The number of nitrogens with two attached hydrogens (primary N) is 1. The lowest BCUT2D eigenvalue weighted by Gasteiger charge is -1.94. The molecule has 0 radical (unpaired) electrons. The van der Waals surface area contributed by atoms with Gasteiger partial charge in [-0.3, -0.25) is 4.79 Å². The summed E-state index contributed by atoms with van der Waals surface area (Å²) in [5.41, 5.74) is 7.61. The molecule has 3 N–H and O–H groups in total. The average molecular weight is 168 g/mol. The number of primary amides is 1. The maximum atomic E-state index is 10.6. The average Bonchev–Trinajstić information content (AvgIpc) is 2.48. The zero-order valence-electron chi connectivity index (χ0n) is 6.43. The first-order valence-electron chi connectivity index (χ1n) is 3.12. The molecule has 0 spiro atoms. The van der Waals surface area contributed by atoms with Crippen molar-refractivity contribution in [3.63, 3.8) is 0 Å². The fourth-order valence-corrected chi connectivity index (χ4v) is 0.601. The van der Waals surface area contributed by atoms with Crippen LogP contribution in [0.1, 0.15) is 10.5 Å². The molecule has 1 rings (SSSR count). The number of hydrogen-bond donors (Lipinski definition) is 2. The third kappa shape index (κ3) is 1.78. The summed E-state index contributed by atoms with van der Waals surface area (Å²) >= 11 is 0. The summed E-state index contributed by atoms with van der Waals surface area (Å²) in [7, 11) is 1.51. The standard InChI is InChI=1S/C5H8N6O/c1-7-9-10-11-2-4(5(6)12)8-3-11/h2-3H,1H3,(H2,6,12)(H,7,10). The lowest BCUT2D eigenvalue weighted by atomic mass is 10.5. The molecule has 0 aliphatic carbocycles. The lowest BCUT2D eigenvalue weighted by molar-refractivity contribution is 0.0996. The van der Waals surface area contributed by atoms with Crippen molar-refractivity contribution in [3.8, 4) is 0 Å². The molecular formula is C5H8N6O. The molecule has 12 heavy (non-hydrogen) atoms. The van der Waals surface area contributed by atoms with E-state index in [1.54, 1.807) is 0 Å². The highest BCUT2D eigenvalue weighted by atomic mass is 16.1. The molecule has 0 aromatic carbocycles. The Kier molecular flexibility index (Phi) is 2.36. The summed E-state index contributed by atoms with van der Waals surface area (Å²) < 4.78 is 1.37. The maximum Gasteiger partial charge on any atom is 0.268 e. The molecular weight excluding hydrogens is 160 g/mol. The third-order valence-corrected chi connectivity index (χ3v) is 1.10. The van der Waals surface area contributed by atoms with Gasteiger partial charge in [-0.1, -0.05) is 5.22 Å². The van der Waals surface area contributed by atoms with Gasteiger partial charge in [0, 0.05) is 0 Å². The van der Waals surface area contributed by atoms with Crippen molar-refractivity contribution in [2.24, 2.45) is 16.1 Å². The SMILES string of the molecule is CN=NNn1cnc(C(N)=O)c1. The predicted octanol–water partition coefficient (Wildman–Crippen LogP) is -0.478. The largest absolute Gasteiger partial charge is 0.364 e. The number of rotatable bonds is 3. The van der Waals surface area contributed by atoms with E-state index >= 15 is 0 Å². The Hall–Kier alpha value is -1.92. The molecule has 1 heterocycles. The normalized spacial score (nSPS) is 10.4. The van der Waals surface area contributed by atoms with Gasteiger partial charge in [0.25, 0.3) is 5.91 Å². The second-order valence-corrected chi connectivity index (χ2v) is 1.93. The number of nitrogens with zero attached hydrogens (tertiary/aromatic N) is 4. The topological polar surface area (TPSA) is 97.7 Å². The quantitative estimate of drug-likeness (QED) is 0.471. The first kappa shape index (κ1) is 8.18. The van der Waals surface area contributed by atoms with Crippen LogP contribution in [-0.2, 0) is 0 Å². The van der Waals surface area contributed by atoms with Crippen molar-refractivity contribution in [1.29, 1.82) is 0 Å². The molecule has 7 nitrogen and oxygen atoms in total. The predicted molar refractivity (Wildman–Crippen MR) is 40.9 cm³/mol. The van der Waals surface area contributed by atoms with Crippen LogP contribution in [-0.4, -0.2) is 22.6 Å². The van der Waals surface area contributed by atoms with Crippen LogP contribution in [0.4, 0.5) is 0 Å². The molecule has 0 fully saturated rings. The molecule has 0 saturated heterocycles. The highest BCUT2D eigenvalue weighted by molar-refractivity contribution is 5.90. The van der Waals surface area contributed by atoms with E-state index in [1.807, 2.05) is 0 Å². The van der Waals surface area contributed by atoms with E-state index in [2.05, 4.69) is 20.9 Å². The van der Waals surface area contributed by atoms with Crippen LogP contribution in [0.5, 0.6) is 0 Å². The highest BCUT2D eigenvalue weighted by Gasteiger charge is 2.02. The summed E-state index contributed by atoms with van der Waals surface area (Å²) in [6.07, 6.45) is 2.78. The van der Waals surface area contributed by atoms with Crippen molar-refractivity contribution in [3.05, 3.63) is 18.2 Å². The van der Waals surface area contributed by atoms with Crippen molar-refractivity contribution in [2.75, 3.05) is 12.6 Å². The Morgan fingerprint density at radius 1 is 1.83 bits per heavy atom. The molecule has 0 aliphatic heterocycles. The minimum absolute atomic E-state index is 0.175. The summed E-state index contributed by atoms with van der Waals surface area (Å²) in [6.45, 7) is 0. The van der Waals surface area contributed by atoms with E-state index in [0.717, 1.165) is 0 Å². The van der Waals surface area contributed by atoms with Crippen LogP contribution in [0.15, 0.2) is 22.9 Å². The van der Waals surface area contributed by atoms with Gasteiger partial charge in [-0.25, -0.2) is 9.66 Å². The van der Waals surface area contributed by atoms with E-state index in [4.69, 9.17) is 5.73 Å². The van der Waals surface area contributed by atoms with Crippen molar-refractivity contribution < 1.29 is 4.79 Å². The monoisotopic (exact) mass is 168 g/mol. The van der Waals surface area contributed by atoms with Gasteiger partial charge in [0.2, 0.25) is 0 Å². The van der Waals surface area contributed by atoms with E-state index in [0.29, 0.717) is 0 Å². The summed E-state index contributed by atoms with van der Waals surface area (Å²) in [5, 5.41) is 6.89. The van der Waals surface area contributed by atoms with Gasteiger partial charge < -0.3 is 5.73 Å². The minimum atomic E-state index is -0.580. The summed E-state index contributed by atoms with van der Waals surface area (Å²) in [5.74, 6) is -0.580. The van der Waals surface area contributed by atoms with Gasteiger partial charge in [0.15, 0.2) is 0 Å². The van der Waals surface area contributed by atoms with Crippen LogP contribution in [0.25, 0.3) is 0 Å². The maximum absolute atomic E-state index is 10.6. The summed E-state index contributed by atoms with van der Waals surface area (Å²) in [4.78, 5) is 14.2. The molecule has 7 heteroatoms. The highest BCUT2D eigenvalue weighted by Crippen LogP contribution is 1.91. The Balaban J connectivity index is 2.70. The van der Waals surface area contributed by atoms with Crippen LogP contribution in [0.2, 0.25) is 0 Å². The number of aromatic nitrogens is 2. The summed E-state index contributed by atoms with van der Waals surface area (Å²) in [6, 6.07) is 0. The minimum Gasteiger partial charge on any atom is -0.364 e. The van der Waals surface area contributed by atoms with Crippen LogP contribution in [0.3, 0.4) is 0 Å². The van der Waals surface area contributed by atoms with Crippen molar-refractivity contribution >= 4 is 5.91 Å².